The molecule has 25 heavy (non-hydrogen) atoms. The molecule has 0 amide bonds. The Morgan fingerprint density at radius 1 is 1.28 bits per heavy atom. The molecule has 0 spiro atoms. The second-order valence-corrected chi connectivity index (χ2v) is 6.43. The topological polar surface area (TPSA) is 76.3 Å². The average Bonchev–Trinajstić information content (AvgIpc) is 3.18. The summed E-state index contributed by atoms with van der Waals surface area (Å²) in [6.07, 6.45) is 2.04. The van der Waals surface area contributed by atoms with Crippen molar-refractivity contribution in [3.8, 4) is 5.75 Å². The van der Waals surface area contributed by atoms with Crippen LogP contribution in [0.15, 0.2) is 30.5 Å². The van der Waals surface area contributed by atoms with Crippen molar-refractivity contribution in [2.24, 2.45) is 7.05 Å². The number of fused-ring (bicyclic) bond motifs is 1. The second kappa shape index (κ2) is 6.00. The number of benzene rings is 1. The third kappa shape index (κ3) is 2.70. The van der Waals surface area contributed by atoms with Crippen molar-refractivity contribution in [2.45, 2.75) is 25.5 Å². The van der Waals surface area contributed by atoms with Gasteiger partial charge in [0, 0.05) is 13.6 Å². The van der Waals surface area contributed by atoms with Crippen LogP contribution >= 0.6 is 0 Å². The molecule has 2 atom stereocenters. The number of anilines is 1. The van der Waals surface area contributed by atoms with Crippen LogP contribution in [0.5, 0.6) is 5.75 Å². The van der Waals surface area contributed by atoms with Crippen LogP contribution in [0, 0.1) is 6.92 Å². The number of nitrogens with zero attached hydrogens (tertiary/aromatic N) is 5. The molecular formula is C18H21N5O2. The lowest BCUT2D eigenvalue weighted by molar-refractivity contribution is 0.194. The molecule has 130 valence electrons. The van der Waals surface area contributed by atoms with Crippen molar-refractivity contribution in [3.05, 3.63) is 41.9 Å². The van der Waals surface area contributed by atoms with Crippen molar-refractivity contribution < 1.29 is 9.84 Å². The van der Waals surface area contributed by atoms with E-state index in [1.54, 1.807) is 18.0 Å². The van der Waals surface area contributed by atoms with E-state index in [4.69, 9.17) is 4.74 Å². The molecule has 0 aliphatic carbocycles. The summed E-state index contributed by atoms with van der Waals surface area (Å²) in [5.41, 5.74) is 1.90. The highest BCUT2D eigenvalue weighted by Gasteiger charge is 2.34. The average molecular weight is 339 g/mol. The molecule has 1 N–H and O–H groups in total. The van der Waals surface area contributed by atoms with Crippen molar-refractivity contribution in [2.75, 3.05) is 18.6 Å². The summed E-state index contributed by atoms with van der Waals surface area (Å²) in [6.45, 7) is 2.41. The monoisotopic (exact) mass is 339 g/mol. The molecule has 1 aliphatic heterocycles. The summed E-state index contributed by atoms with van der Waals surface area (Å²) in [5, 5.41) is 15.5. The Bertz CT molecular complexity index is 923. The SMILES string of the molecule is COc1cccc([C@@H]2C[C@H](O)CN2c2nc(C)nc3c2cnn3C)c1. The van der Waals surface area contributed by atoms with E-state index in [0.717, 1.165) is 28.2 Å². The zero-order chi connectivity index (χ0) is 17.6. The zero-order valence-electron chi connectivity index (χ0n) is 14.5. The van der Waals surface area contributed by atoms with E-state index in [-0.39, 0.29) is 6.04 Å². The maximum Gasteiger partial charge on any atom is 0.163 e. The van der Waals surface area contributed by atoms with Crippen molar-refractivity contribution in [3.63, 3.8) is 0 Å². The summed E-state index contributed by atoms with van der Waals surface area (Å²) < 4.78 is 7.11. The van der Waals surface area contributed by atoms with Gasteiger partial charge in [-0.3, -0.25) is 4.68 Å². The fourth-order valence-electron chi connectivity index (χ4n) is 3.54. The van der Waals surface area contributed by atoms with Crippen LogP contribution in [0.1, 0.15) is 23.9 Å². The number of methoxy groups -OCH3 is 1. The second-order valence-electron chi connectivity index (χ2n) is 6.43. The van der Waals surface area contributed by atoms with Gasteiger partial charge in [0.05, 0.1) is 30.8 Å². The summed E-state index contributed by atoms with van der Waals surface area (Å²) in [5.74, 6) is 2.32. The minimum Gasteiger partial charge on any atom is -0.497 e. The van der Waals surface area contributed by atoms with Gasteiger partial charge in [0.1, 0.15) is 17.4 Å². The lowest BCUT2D eigenvalue weighted by Gasteiger charge is -2.26. The van der Waals surface area contributed by atoms with Gasteiger partial charge in [-0.1, -0.05) is 12.1 Å². The lowest BCUT2D eigenvalue weighted by Crippen LogP contribution is -2.26. The number of hydrogen-bond acceptors (Lipinski definition) is 6. The van der Waals surface area contributed by atoms with Gasteiger partial charge in [-0.05, 0) is 31.0 Å². The van der Waals surface area contributed by atoms with Crippen molar-refractivity contribution >= 4 is 16.9 Å². The molecule has 3 aromatic rings. The molecule has 0 bridgehead atoms. The molecule has 1 fully saturated rings. The first-order chi connectivity index (χ1) is 12.1. The fraction of sp³-hybridized carbons (Fsp3) is 0.389. The predicted molar refractivity (Wildman–Crippen MR) is 94.7 cm³/mol. The standard InChI is InChI=1S/C18H21N5O2/c1-11-20-17-15(9-19-22(17)2)18(21-11)23-10-13(24)8-16(23)12-5-4-6-14(7-12)25-3/h4-7,9,13,16,24H,8,10H2,1-3H3/t13-,16-/m0/s1. The van der Waals surface area contributed by atoms with Gasteiger partial charge < -0.3 is 14.7 Å². The molecule has 4 rings (SSSR count). The minimum atomic E-state index is -0.404. The molecule has 0 radical (unpaired) electrons. The molecular weight excluding hydrogens is 318 g/mol. The molecule has 1 aromatic carbocycles. The first-order valence-electron chi connectivity index (χ1n) is 8.32. The van der Waals surface area contributed by atoms with E-state index in [0.29, 0.717) is 18.8 Å². The summed E-state index contributed by atoms with van der Waals surface area (Å²) in [6, 6.07) is 8.01. The van der Waals surface area contributed by atoms with Crippen LogP contribution in [-0.4, -0.2) is 44.6 Å². The molecule has 0 saturated carbocycles. The Hall–Kier alpha value is -2.67. The van der Waals surface area contributed by atoms with E-state index in [2.05, 4.69) is 26.0 Å². The van der Waals surface area contributed by atoms with Gasteiger partial charge >= 0.3 is 0 Å². The zero-order valence-corrected chi connectivity index (χ0v) is 14.5. The number of rotatable bonds is 3. The largest absolute Gasteiger partial charge is 0.497 e. The normalized spacial score (nSPS) is 20.4. The van der Waals surface area contributed by atoms with Crippen LogP contribution in [0.4, 0.5) is 5.82 Å². The van der Waals surface area contributed by atoms with Crippen molar-refractivity contribution in [1.29, 1.82) is 0 Å². The quantitative estimate of drug-likeness (QED) is 0.786. The molecule has 0 unspecified atom stereocenters. The number of β-amino-alcohol motifs (C(OH)–C–C–N with tert-alkyl or cyclic N) is 1. The predicted octanol–water partition coefficient (Wildman–Crippen LogP) is 1.99. The van der Waals surface area contributed by atoms with E-state index in [1.165, 1.54) is 0 Å². The maximum atomic E-state index is 10.3. The van der Waals surface area contributed by atoms with Crippen LogP contribution < -0.4 is 9.64 Å². The third-order valence-corrected chi connectivity index (χ3v) is 4.71. The van der Waals surface area contributed by atoms with Gasteiger partial charge in [-0.2, -0.15) is 5.10 Å². The summed E-state index contributed by atoms with van der Waals surface area (Å²) >= 11 is 0. The van der Waals surface area contributed by atoms with E-state index < -0.39 is 6.10 Å². The molecule has 7 nitrogen and oxygen atoms in total. The number of aliphatic hydroxyl groups excluding tert-OH is 1. The van der Waals surface area contributed by atoms with E-state index >= 15 is 0 Å². The Balaban J connectivity index is 1.83. The number of hydrogen-bond donors (Lipinski definition) is 1. The summed E-state index contributed by atoms with van der Waals surface area (Å²) in [4.78, 5) is 11.3. The maximum absolute atomic E-state index is 10.3. The van der Waals surface area contributed by atoms with Gasteiger partial charge in [0.2, 0.25) is 0 Å². The van der Waals surface area contributed by atoms with Crippen molar-refractivity contribution in [1.82, 2.24) is 19.7 Å². The van der Waals surface area contributed by atoms with Crippen LogP contribution in [0.25, 0.3) is 11.0 Å². The van der Waals surface area contributed by atoms with Gasteiger partial charge in [-0.15, -0.1) is 0 Å². The highest BCUT2D eigenvalue weighted by molar-refractivity contribution is 5.87. The van der Waals surface area contributed by atoms with Gasteiger partial charge in [-0.25, -0.2) is 9.97 Å². The van der Waals surface area contributed by atoms with E-state index in [9.17, 15) is 5.11 Å². The number of aryl methyl sites for hydroxylation is 2. The summed E-state index contributed by atoms with van der Waals surface area (Å²) in [7, 11) is 3.53. The highest BCUT2D eigenvalue weighted by atomic mass is 16.5. The first-order valence-corrected chi connectivity index (χ1v) is 8.32. The minimum absolute atomic E-state index is 0.0304. The molecule has 2 aromatic heterocycles. The van der Waals surface area contributed by atoms with Gasteiger partial charge in [0.25, 0.3) is 0 Å². The van der Waals surface area contributed by atoms with E-state index in [1.807, 2.05) is 32.2 Å². The number of aliphatic hydroxyl groups is 1. The van der Waals surface area contributed by atoms with Crippen LogP contribution in [0.2, 0.25) is 0 Å². The first kappa shape index (κ1) is 15.8. The lowest BCUT2D eigenvalue weighted by atomic mass is 10.0. The molecule has 7 heteroatoms. The number of aromatic nitrogens is 4. The molecule has 1 aliphatic rings. The van der Waals surface area contributed by atoms with Crippen LogP contribution in [-0.2, 0) is 7.05 Å². The Labute approximate surface area is 145 Å². The van der Waals surface area contributed by atoms with Gasteiger partial charge in [0.15, 0.2) is 5.65 Å². The third-order valence-electron chi connectivity index (χ3n) is 4.71. The smallest absolute Gasteiger partial charge is 0.163 e. The molecule has 1 saturated heterocycles. The Kier molecular flexibility index (Phi) is 3.80. The fourth-order valence-corrected chi connectivity index (χ4v) is 3.54. The van der Waals surface area contributed by atoms with Crippen LogP contribution in [0.3, 0.4) is 0 Å². The Morgan fingerprint density at radius 3 is 2.92 bits per heavy atom. The molecule has 3 heterocycles. The Morgan fingerprint density at radius 2 is 2.12 bits per heavy atom. The number of ether oxygens (including phenoxy) is 1. The highest BCUT2D eigenvalue weighted by Crippen LogP contribution is 2.38.